The lowest BCUT2D eigenvalue weighted by Gasteiger charge is -2.31. The van der Waals surface area contributed by atoms with Crippen molar-refractivity contribution in [2.75, 3.05) is 13.2 Å². The Labute approximate surface area is 56.4 Å². The zero-order valence-corrected chi connectivity index (χ0v) is 6.13. The molecular weight excluding hydrogens is 114 g/mol. The maximum atomic E-state index is 5.84. The quantitative estimate of drug-likeness (QED) is 0.520. The molecule has 0 unspecified atom stereocenters. The second-order valence-corrected chi connectivity index (χ2v) is 3.07. The fraction of sp³-hybridized carbons (Fsp3) is 1.00. The second-order valence-electron chi connectivity index (χ2n) is 3.07. The Bertz CT molecular complexity index is 84.9. The maximum Gasteiger partial charge on any atom is 0.0506 e. The van der Waals surface area contributed by atoms with Crippen LogP contribution in [0.4, 0.5) is 0 Å². The highest BCUT2D eigenvalue weighted by Crippen LogP contribution is 2.16. The van der Waals surface area contributed by atoms with Gasteiger partial charge in [0.15, 0.2) is 0 Å². The summed E-state index contributed by atoms with van der Waals surface area (Å²) < 4.78 is 5.28. The van der Waals surface area contributed by atoms with Crippen LogP contribution in [0.2, 0.25) is 0 Å². The molecule has 1 fully saturated rings. The average Bonchev–Trinajstić information content (AvgIpc) is 1.83. The fourth-order valence-corrected chi connectivity index (χ4v) is 1.22. The summed E-state index contributed by atoms with van der Waals surface area (Å²) in [5.74, 6) is 1.07. The van der Waals surface area contributed by atoms with Gasteiger partial charge in [0.25, 0.3) is 0 Å². The molecule has 0 aromatic rings. The van der Waals surface area contributed by atoms with Crippen molar-refractivity contribution in [1.82, 2.24) is 0 Å². The lowest BCUT2D eigenvalue weighted by Crippen LogP contribution is -2.43. The van der Waals surface area contributed by atoms with Crippen LogP contribution in [0.1, 0.15) is 13.8 Å². The van der Waals surface area contributed by atoms with Crippen molar-refractivity contribution in [3.63, 3.8) is 0 Å². The lowest BCUT2D eigenvalue weighted by molar-refractivity contribution is 0.0130. The molecular formula is C7H15NO. The normalized spacial score (nSPS) is 39.0. The first kappa shape index (κ1) is 7.03. The molecule has 1 rings (SSSR count). The predicted octanol–water partition coefficient (Wildman–Crippen LogP) is 0.616. The molecule has 1 saturated heterocycles. The monoisotopic (exact) mass is 129 g/mol. The molecule has 0 aromatic heterocycles. The first-order chi connectivity index (χ1) is 4.22. The number of rotatable bonds is 0. The van der Waals surface area contributed by atoms with E-state index in [9.17, 15) is 0 Å². The molecule has 9 heavy (non-hydrogen) atoms. The molecule has 0 radical (unpaired) electrons. The van der Waals surface area contributed by atoms with E-state index >= 15 is 0 Å². The highest BCUT2D eigenvalue weighted by atomic mass is 16.5. The van der Waals surface area contributed by atoms with E-state index < -0.39 is 0 Å². The fourth-order valence-electron chi connectivity index (χ4n) is 1.22. The van der Waals surface area contributed by atoms with Crippen molar-refractivity contribution in [3.8, 4) is 0 Å². The Balaban J connectivity index is 2.41. The summed E-state index contributed by atoms with van der Waals surface area (Å²) in [6, 6.07) is 0.346. The zero-order chi connectivity index (χ0) is 6.85. The summed E-state index contributed by atoms with van der Waals surface area (Å²) in [6.07, 6.45) is 0. The molecule has 1 aliphatic heterocycles. The van der Waals surface area contributed by atoms with Gasteiger partial charge in [-0.3, -0.25) is 0 Å². The van der Waals surface area contributed by atoms with E-state index in [-0.39, 0.29) is 0 Å². The van der Waals surface area contributed by atoms with Crippen LogP contribution in [-0.4, -0.2) is 19.3 Å². The second kappa shape index (κ2) is 2.67. The van der Waals surface area contributed by atoms with Gasteiger partial charge < -0.3 is 10.5 Å². The Morgan fingerprint density at radius 1 is 1.22 bits per heavy atom. The largest absolute Gasteiger partial charge is 0.381 e. The van der Waals surface area contributed by atoms with Crippen LogP contribution >= 0.6 is 0 Å². The van der Waals surface area contributed by atoms with Crippen LogP contribution in [0.15, 0.2) is 0 Å². The number of nitrogens with two attached hydrogens (primary N) is 1. The van der Waals surface area contributed by atoms with Gasteiger partial charge in [-0.2, -0.15) is 0 Å². The highest BCUT2D eigenvalue weighted by molar-refractivity contribution is 4.78. The minimum Gasteiger partial charge on any atom is -0.381 e. The number of ether oxygens (including phenoxy) is 1. The maximum absolute atomic E-state index is 5.84. The molecule has 0 amide bonds. The van der Waals surface area contributed by atoms with E-state index in [1.807, 2.05) is 0 Å². The van der Waals surface area contributed by atoms with Crippen LogP contribution < -0.4 is 5.73 Å². The van der Waals surface area contributed by atoms with Crippen molar-refractivity contribution >= 4 is 0 Å². The van der Waals surface area contributed by atoms with Gasteiger partial charge in [0.1, 0.15) is 0 Å². The smallest absolute Gasteiger partial charge is 0.0506 e. The van der Waals surface area contributed by atoms with E-state index in [2.05, 4.69) is 13.8 Å². The highest BCUT2D eigenvalue weighted by Gasteiger charge is 2.24. The van der Waals surface area contributed by atoms with Gasteiger partial charge in [0, 0.05) is 6.04 Å². The standard InChI is InChI=1S/C7H15NO/c1-5-3-9-4-6(2)7(5)8/h5-7H,3-4,8H2,1-2H3/t5-,6-/m0/s1. The molecule has 2 heteroatoms. The zero-order valence-electron chi connectivity index (χ0n) is 6.13. The molecule has 0 bridgehead atoms. The summed E-state index contributed by atoms with van der Waals surface area (Å²) in [4.78, 5) is 0. The Morgan fingerprint density at radius 2 is 1.67 bits per heavy atom. The average molecular weight is 129 g/mol. The third-order valence-corrected chi connectivity index (χ3v) is 2.08. The van der Waals surface area contributed by atoms with Gasteiger partial charge >= 0.3 is 0 Å². The molecule has 0 saturated carbocycles. The number of hydrogen-bond acceptors (Lipinski definition) is 2. The van der Waals surface area contributed by atoms with E-state index in [4.69, 9.17) is 10.5 Å². The SMILES string of the molecule is C[C@H]1COC[C@H](C)C1N. The summed E-state index contributed by atoms with van der Waals surface area (Å²) >= 11 is 0. The first-order valence-electron chi connectivity index (χ1n) is 3.55. The molecule has 1 aliphatic rings. The minimum atomic E-state index is 0.346. The molecule has 2 nitrogen and oxygen atoms in total. The molecule has 54 valence electrons. The number of hydrogen-bond donors (Lipinski definition) is 1. The van der Waals surface area contributed by atoms with Gasteiger partial charge in [-0.1, -0.05) is 13.8 Å². The molecule has 0 aromatic carbocycles. The molecule has 0 aliphatic carbocycles. The third-order valence-electron chi connectivity index (χ3n) is 2.08. The van der Waals surface area contributed by atoms with Crippen molar-refractivity contribution in [1.29, 1.82) is 0 Å². The van der Waals surface area contributed by atoms with Crippen molar-refractivity contribution in [3.05, 3.63) is 0 Å². The van der Waals surface area contributed by atoms with Crippen LogP contribution in [0, 0.1) is 11.8 Å². The van der Waals surface area contributed by atoms with Crippen molar-refractivity contribution < 1.29 is 4.74 Å². The van der Waals surface area contributed by atoms with Gasteiger partial charge in [0.2, 0.25) is 0 Å². The van der Waals surface area contributed by atoms with Crippen LogP contribution in [0.3, 0.4) is 0 Å². The van der Waals surface area contributed by atoms with Gasteiger partial charge in [-0.05, 0) is 11.8 Å². The summed E-state index contributed by atoms with van der Waals surface area (Å²) in [5.41, 5.74) is 5.84. The molecule has 1 heterocycles. The van der Waals surface area contributed by atoms with Crippen LogP contribution in [-0.2, 0) is 4.74 Å². The Hall–Kier alpha value is -0.0800. The Kier molecular flexibility index (Phi) is 2.09. The Morgan fingerprint density at radius 3 is 2.00 bits per heavy atom. The molecule has 2 N–H and O–H groups in total. The van der Waals surface area contributed by atoms with Crippen molar-refractivity contribution in [2.45, 2.75) is 19.9 Å². The molecule has 0 spiro atoms. The van der Waals surface area contributed by atoms with E-state index in [1.54, 1.807) is 0 Å². The van der Waals surface area contributed by atoms with Crippen LogP contribution in [0.5, 0.6) is 0 Å². The summed E-state index contributed by atoms with van der Waals surface area (Å²) in [5, 5.41) is 0. The lowest BCUT2D eigenvalue weighted by atomic mass is 9.90. The third kappa shape index (κ3) is 1.43. The van der Waals surface area contributed by atoms with Gasteiger partial charge in [-0.15, -0.1) is 0 Å². The van der Waals surface area contributed by atoms with E-state index in [1.165, 1.54) is 0 Å². The summed E-state index contributed by atoms with van der Waals surface area (Å²) in [6.45, 7) is 5.96. The van der Waals surface area contributed by atoms with Crippen LogP contribution in [0.25, 0.3) is 0 Å². The predicted molar refractivity (Wildman–Crippen MR) is 37.1 cm³/mol. The topological polar surface area (TPSA) is 35.2 Å². The minimum absolute atomic E-state index is 0.346. The first-order valence-corrected chi connectivity index (χ1v) is 3.55. The van der Waals surface area contributed by atoms with Gasteiger partial charge in [-0.25, -0.2) is 0 Å². The van der Waals surface area contributed by atoms with Crippen molar-refractivity contribution in [2.24, 2.45) is 17.6 Å². The van der Waals surface area contributed by atoms with Gasteiger partial charge in [0.05, 0.1) is 13.2 Å². The van der Waals surface area contributed by atoms with E-state index in [0.717, 1.165) is 13.2 Å². The molecule has 2 atom stereocenters. The van der Waals surface area contributed by atoms with E-state index in [0.29, 0.717) is 17.9 Å². The summed E-state index contributed by atoms with van der Waals surface area (Å²) in [7, 11) is 0.